The van der Waals surface area contributed by atoms with Crippen LogP contribution in [0.15, 0.2) is 30.5 Å². The number of rotatable bonds is 2. The molecule has 7 heteroatoms. The summed E-state index contributed by atoms with van der Waals surface area (Å²) >= 11 is 0. The predicted octanol–water partition coefficient (Wildman–Crippen LogP) is 1.92. The molecule has 0 radical (unpaired) electrons. The van der Waals surface area contributed by atoms with E-state index in [1.165, 1.54) is 9.47 Å². The van der Waals surface area contributed by atoms with Crippen LogP contribution in [0, 0.1) is 0 Å². The first kappa shape index (κ1) is 18.0. The van der Waals surface area contributed by atoms with Gasteiger partial charge in [-0.05, 0) is 32.4 Å². The van der Waals surface area contributed by atoms with Crippen LogP contribution in [0.5, 0.6) is 0 Å². The number of amides is 2. The van der Waals surface area contributed by atoms with Crippen molar-refractivity contribution in [1.82, 2.24) is 14.8 Å². The monoisotopic (exact) mass is 357 g/mol. The van der Waals surface area contributed by atoms with Gasteiger partial charge in [0.2, 0.25) is 11.8 Å². The van der Waals surface area contributed by atoms with Gasteiger partial charge in [0.25, 0.3) is 0 Å². The van der Waals surface area contributed by atoms with Crippen LogP contribution < -0.4 is 5.32 Å². The smallest absolute Gasteiger partial charge is 0.419 e. The molecule has 138 valence electrons. The molecule has 1 N–H and O–H groups in total. The quantitative estimate of drug-likeness (QED) is 0.890. The van der Waals surface area contributed by atoms with Gasteiger partial charge in [0, 0.05) is 25.1 Å². The average Bonchev–Trinajstić information content (AvgIpc) is 2.93. The Morgan fingerprint density at radius 2 is 1.96 bits per heavy atom. The lowest BCUT2D eigenvalue weighted by Gasteiger charge is -2.31. The normalized spacial score (nSPS) is 18.2. The van der Waals surface area contributed by atoms with Gasteiger partial charge in [-0.2, -0.15) is 0 Å². The molecule has 3 rings (SSSR count). The van der Waals surface area contributed by atoms with Crippen LogP contribution in [0.1, 0.15) is 26.3 Å². The molecular formula is C19H23N3O4. The number of nitrogens with zero attached hydrogens (tertiary/aromatic N) is 2. The average molecular weight is 357 g/mol. The van der Waals surface area contributed by atoms with Gasteiger partial charge in [-0.3, -0.25) is 14.2 Å². The summed E-state index contributed by atoms with van der Waals surface area (Å²) in [6, 6.07) is 6.85. The molecule has 2 heterocycles. The Bertz CT molecular complexity index is 879. The second-order valence-corrected chi connectivity index (χ2v) is 7.46. The summed E-state index contributed by atoms with van der Waals surface area (Å²) in [5, 5.41) is 3.47. The van der Waals surface area contributed by atoms with E-state index < -0.39 is 17.7 Å². The van der Waals surface area contributed by atoms with E-state index in [1.807, 2.05) is 45.0 Å². The molecule has 26 heavy (non-hydrogen) atoms. The van der Waals surface area contributed by atoms with Crippen molar-refractivity contribution in [3.8, 4) is 0 Å². The molecule has 1 aromatic carbocycles. The number of hydrogen-bond donors (Lipinski definition) is 1. The van der Waals surface area contributed by atoms with Crippen LogP contribution in [0.2, 0.25) is 0 Å². The highest BCUT2D eigenvalue weighted by Crippen LogP contribution is 2.25. The predicted molar refractivity (Wildman–Crippen MR) is 96.8 cm³/mol. The Hall–Kier alpha value is -2.83. The Morgan fingerprint density at radius 3 is 2.65 bits per heavy atom. The minimum Gasteiger partial charge on any atom is -0.443 e. The van der Waals surface area contributed by atoms with E-state index in [0.717, 1.165) is 10.9 Å². The molecule has 0 aliphatic carbocycles. The molecule has 2 amide bonds. The zero-order chi connectivity index (χ0) is 19.1. The van der Waals surface area contributed by atoms with E-state index in [4.69, 9.17) is 4.74 Å². The number of aromatic nitrogens is 1. The van der Waals surface area contributed by atoms with E-state index in [0.29, 0.717) is 11.9 Å². The fraction of sp³-hybridized carbons (Fsp3) is 0.421. The van der Waals surface area contributed by atoms with Crippen molar-refractivity contribution in [2.24, 2.45) is 0 Å². The largest absolute Gasteiger partial charge is 0.443 e. The number of ether oxygens (including phenoxy) is 1. The molecule has 0 spiro atoms. The van der Waals surface area contributed by atoms with Crippen LogP contribution in [0.3, 0.4) is 0 Å². The molecular weight excluding hydrogens is 334 g/mol. The van der Waals surface area contributed by atoms with Gasteiger partial charge in [0.15, 0.2) is 0 Å². The van der Waals surface area contributed by atoms with Crippen LogP contribution in [0.4, 0.5) is 4.79 Å². The maximum atomic E-state index is 12.6. The first-order chi connectivity index (χ1) is 12.2. The lowest BCUT2D eigenvalue weighted by atomic mass is 10.0. The minimum atomic E-state index is -0.613. The molecule has 1 aliphatic heterocycles. The summed E-state index contributed by atoms with van der Waals surface area (Å²) in [6.45, 7) is 5.45. The molecule has 1 atom stereocenters. The summed E-state index contributed by atoms with van der Waals surface area (Å²) in [6.07, 6.45) is 1.54. The standard InChI is InChI=1S/C19H23N3O4/c1-19(2,3)26-18(25)22-11-12(13-7-5-6-8-14(13)22)9-15-17(24)20-10-16(23)21(15)4/h5-8,11,15H,9-10H2,1-4H3,(H,20,24). The summed E-state index contributed by atoms with van der Waals surface area (Å²) in [4.78, 5) is 38.1. The van der Waals surface area contributed by atoms with Crippen LogP contribution in [-0.2, 0) is 20.7 Å². The molecule has 0 bridgehead atoms. The summed E-state index contributed by atoms with van der Waals surface area (Å²) in [5.41, 5.74) is 0.911. The topological polar surface area (TPSA) is 80.6 Å². The number of fused-ring (bicyclic) bond motifs is 1. The van der Waals surface area contributed by atoms with Crippen molar-refractivity contribution in [1.29, 1.82) is 0 Å². The van der Waals surface area contributed by atoms with Crippen molar-refractivity contribution in [2.45, 2.75) is 38.8 Å². The number of hydrogen-bond acceptors (Lipinski definition) is 4. The zero-order valence-corrected chi connectivity index (χ0v) is 15.4. The van der Waals surface area contributed by atoms with E-state index in [9.17, 15) is 14.4 Å². The first-order valence-electron chi connectivity index (χ1n) is 8.53. The molecule has 0 saturated carbocycles. The van der Waals surface area contributed by atoms with Crippen LogP contribution in [0.25, 0.3) is 10.9 Å². The van der Waals surface area contributed by atoms with Crippen LogP contribution >= 0.6 is 0 Å². The van der Waals surface area contributed by atoms with E-state index in [1.54, 1.807) is 13.2 Å². The van der Waals surface area contributed by atoms with Crippen LogP contribution in [-0.4, -0.2) is 52.6 Å². The van der Waals surface area contributed by atoms with Gasteiger partial charge in [-0.1, -0.05) is 18.2 Å². The number of benzene rings is 1. The number of carbonyl (C=O) groups excluding carboxylic acids is 3. The number of carbonyl (C=O) groups is 3. The Morgan fingerprint density at radius 1 is 1.27 bits per heavy atom. The van der Waals surface area contributed by atoms with Gasteiger partial charge in [0.05, 0.1) is 12.1 Å². The third-order valence-electron chi connectivity index (χ3n) is 4.38. The molecule has 1 fully saturated rings. The molecule has 2 aromatic rings. The van der Waals surface area contributed by atoms with Crippen molar-refractivity contribution < 1.29 is 19.1 Å². The van der Waals surface area contributed by atoms with Gasteiger partial charge < -0.3 is 15.0 Å². The summed E-state index contributed by atoms with van der Waals surface area (Å²) in [5.74, 6) is -0.327. The molecule has 1 aliphatic rings. The van der Waals surface area contributed by atoms with Crippen molar-refractivity contribution in [3.05, 3.63) is 36.0 Å². The maximum Gasteiger partial charge on any atom is 0.419 e. The molecule has 7 nitrogen and oxygen atoms in total. The van der Waals surface area contributed by atoms with Crippen molar-refractivity contribution in [3.63, 3.8) is 0 Å². The number of para-hydroxylation sites is 1. The van der Waals surface area contributed by atoms with Crippen molar-refractivity contribution >= 4 is 28.8 Å². The second kappa shape index (κ2) is 6.48. The second-order valence-electron chi connectivity index (χ2n) is 7.46. The minimum absolute atomic E-state index is 0.0193. The highest BCUT2D eigenvalue weighted by Gasteiger charge is 2.33. The fourth-order valence-corrected chi connectivity index (χ4v) is 3.07. The van der Waals surface area contributed by atoms with E-state index in [-0.39, 0.29) is 18.4 Å². The Kier molecular flexibility index (Phi) is 4.48. The fourth-order valence-electron chi connectivity index (χ4n) is 3.07. The molecule has 1 aromatic heterocycles. The van der Waals surface area contributed by atoms with Crippen molar-refractivity contribution in [2.75, 3.05) is 13.6 Å². The highest BCUT2D eigenvalue weighted by molar-refractivity contribution is 5.96. The molecule has 1 saturated heterocycles. The third kappa shape index (κ3) is 3.42. The Labute approximate surface area is 151 Å². The summed E-state index contributed by atoms with van der Waals surface area (Å²) < 4.78 is 6.93. The Balaban J connectivity index is 1.98. The maximum absolute atomic E-state index is 12.6. The van der Waals surface area contributed by atoms with E-state index in [2.05, 4.69) is 5.32 Å². The van der Waals surface area contributed by atoms with Gasteiger partial charge in [0.1, 0.15) is 11.6 Å². The highest BCUT2D eigenvalue weighted by atomic mass is 16.6. The number of nitrogens with one attached hydrogen (secondary N) is 1. The lowest BCUT2D eigenvalue weighted by molar-refractivity contribution is -0.143. The third-order valence-corrected chi connectivity index (χ3v) is 4.38. The van der Waals surface area contributed by atoms with Gasteiger partial charge >= 0.3 is 6.09 Å². The van der Waals surface area contributed by atoms with E-state index >= 15 is 0 Å². The lowest BCUT2D eigenvalue weighted by Crippen LogP contribution is -2.57. The number of likely N-dealkylation sites (N-methyl/N-ethyl adjacent to an activating group) is 1. The van der Waals surface area contributed by atoms with Gasteiger partial charge in [-0.15, -0.1) is 0 Å². The summed E-state index contributed by atoms with van der Waals surface area (Å²) in [7, 11) is 1.62. The first-order valence-corrected chi connectivity index (χ1v) is 8.53. The zero-order valence-electron chi connectivity index (χ0n) is 15.4. The number of piperazine rings is 1. The molecule has 1 unspecified atom stereocenters. The van der Waals surface area contributed by atoms with Gasteiger partial charge in [-0.25, -0.2) is 4.79 Å². The SMILES string of the molecule is CN1C(=O)CNC(=O)C1Cc1cn(C(=O)OC(C)(C)C)c2ccccc12.